The van der Waals surface area contributed by atoms with E-state index in [-0.39, 0.29) is 17.0 Å². The number of hydrogen-bond acceptors (Lipinski definition) is 7. The maximum Gasteiger partial charge on any atom is 0.163 e. The van der Waals surface area contributed by atoms with E-state index >= 15 is 0 Å². The molecule has 0 spiro atoms. The highest BCUT2D eigenvalue weighted by molar-refractivity contribution is 7.99. The van der Waals surface area contributed by atoms with Gasteiger partial charge in [-0.05, 0) is 36.2 Å². The largest absolute Gasteiger partial charge is 0.396 e. The molecule has 1 aromatic heterocycles. The Hall–Kier alpha value is -1.69. The van der Waals surface area contributed by atoms with E-state index in [4.69, 9.17) is 21.4 Å². The van der Waals surface area contributed by atoms with E-state index in [0.717, 1.165) is 10.5 Å². The molecule has 1 fully saturated rings. The number of halogens is 2. The van der Waals surface area contributed by atoms with Crippen LogP contribution < -0.4 is 0 Å². The third-order valence-electron chi connectivity index (χ3n) is 5.51. The molecule has 5 N–H and O–H groups in total. The Morgan fingerprint density at radius 2 is 1.75 bits per heavy atom. The Morgan fingerprint density at radius 3 is 2.41 bits per heavy atom. The zero-order chi connectivity index (χ0) is 23.0. The summed E-state index contributed by atoms with van der Waals surface area (Å²) in [6.07, 6.45) is -4.76. The Bertz CT molecular complexity index is 1090. The van der Waals surface area contributed by atoms with Crippen molar-refractivity contribution in [2.75, 3.05) is 13.2 Å². The number of aliphatic hydroxyl groups excluding tert-OH is 5. The number of rotatable bonds is 6. The molecule has 1 aliphatic heterocycles. The van der Waals surface area contributed by atoms with Gasteiger partial charge in [-0.25, -0.2) is 4.39 Å². The number of aliphatic hydroxyl groups is 5. The molecule has 3 aromatic rings. The van der Waals surface area contributed by atoms with Gasteiger partial charge >= 0.3 is 0 Å². The highest BCUT2D eigenvalue weighted by Gasteiger charge is 2.44. The molecule has 0 radical (unpaired) electrons. The van der Waals surface area contributed by atoms with E-state index in [2.05, 4.69) is 0 Å². The molecule has 2 heterocycles. The van der Waals surface area contributed by atoms with Gasteiger partial charge in [0.2, 0.25) is 0 Å². The molecule has 0 saturated carbocycles. The summed E-state index contributed by atoms with van der Waals surface area (Å²) in [6.45, 7) is -0.525. The van der Waals surface area contributed by atoms with Crippen LogP contribution in [0.2, 0.25) is 5.02 Å². The molecule has 0 bridgehead atoms. The summed E-state index contributed by atoms with van der Waals surface area (Å²) in [4.78, 5) is 1.36. The van der Waals surface area contributed by atoms with Crippen LogP contribution in [-0.2, 0) is 11.2 Å². The standard InChI is InChI=1S/C22H23ClFNO6S/c23-12-7-14(24)18-15(8-12)25(22-21(30)20(29)19(28)16(10-27)31-22)9-17(18)32-13-3-1-11(2-4-13)5-6-26/h1-4,7-9,16,19-22,26-30H,5-6,10H2/t16-,19-,20+,21-,22-/m1/s1. The average molecular weight is 484 g/mol. The summed E-state index contributed by atoms with van der Waals surface area (Å²) in [5.41, 5.74) is 1.30. The molecule has 0 unspecified atom stereocenters. The smallest absolute Gasteiger partial charge is 0.163 e. The molecular weight excluding hydrogens is 461 g/mol. The molecule has 4 rings (SSSR count). The summed E-state index contributed by atoms with van der Waals surface area (Å²) < 4.78 is 22.1. The van der Waals surface area contributed by atoms with Crippen LogP contribution in [-0.4, -0.2) is 67.7 Å². The second kappa shape index (κ2) is 9.66. The van der Waals surface area contributed by atoms with Crippen LogP contribution in [0.25, 0.3) is 10.9 Å². The van der Waals surface area contributed by atoms with Crippen molar-refractivity contribution in [2.45, 2.75) is 46.9 Å². The quantitative estimate of drug-likeness (QED) is 0.364. The first-order chi connectivity index (χ1) is 15.3. The van der Waals surface area contributed by atoms with Crippen LogP contribution in [0.5, 0.6) is 0 Å². The molecule has 10 heteroatoms. The lowest BCUT2D eigenvalue weighted by atomic mass is 9.98. The fourth-order valence-electron chi connectivity index (χ4n) is 3.85. The summed E-state index contributed by atoms with van der Waals surface area (Å²) in [6, 6.07) is 10.2. The number of aromatic nitrogens is 1. The number of nitrogens with zero attached hydrogens (tertiary/aromatic N) is 1. The van der Waals surface area contributed by atoms with Crippen LogP contribution in [0, 0.1) is 5.82 Å². The van der Waals surface area contributed by atoms with E-state index in [1.165, 1.54) is 28.5 Å². The number of fused-ring (bicyclic) bond motifs is 1. The van der Waals surface area contributed by atoms with Gasteiger partial charge in [-0.3, -0.25) is 0 Å². The first kappa shape index (κ1) is 23.5. The monoisotopic (exact) mass is 483 g/mol. The van der Waals surface area contributed by atoms with E-state index in [9.17, 15) is 24.8 Å². The normalized spacial score (nSPS) is 26.0. The molecule has 172 valence electrons. The topological polar surface area (TPSA) is 115 Å². The Morgan fingerprint density at radius 1 is 1.03 bits per heavy atom. The summed E-state index contributed by atoms with van der Waals surface area (Å²) in [5.74, 6) is -0.560. The third-order valence-corrected chi connectivity index (χ3v) is 6.76. The van der Waals surface area contributed by atoms with E-state index in [1.807, 2.05) is 24.3 Å². The Balaban J connectivity index is 1.77. The van der Waals surface area contributed by atoms with Crippen molar-refractivity contribution in [3.63, 3.8) is 0 Å². The zero-order valence-electron chi connectivity index (χ0n) is 16.8. The van der Waals surface area contributed by atoms with Gasteiger partial charge in [-0.15, -0.1) is 0 Å². The first-order valence-corrected chi connectivity index (χ1v) is 11.2. The van der Waals surface area contributed by atoms with Crippen molar-refractivity contribution < 1.29 is 34.7 Å². The maximum atomic E-state index is 15.0. The van der Waals surface area contributed by atoms with Gasteiger partial charge in [-0.1, -0.05) is 35.5 Å². The van der Waals surface area contributed by atoms with Gasteiger partial charge in [0.15, 0.2) is 6.23 Å². The number of benzene rings is 2. The van der Waals surface area contributed by atoms with Gasteiger partial charge in [0.25, 0.3) is 0 Å². The summed E-state index contributed by atoms with van der Waals surface area (Å²) in [5, 5.41) is 49.8. The van der Waals surface area contributed by atoms with Crippen molar-refractivity contribution >= 4 is 34.3 Å². The van der Waals surface area contributed by atoms with Crippen LogP contribution in [0.15, 0.2) is 52.4 Å². The minimum absolute atomic E-state index is 0.0467. The predicted octanol–water partition coefficient (Wildman–Crippen LogP) is 2.09. The lowest BCUT2D eigenvalue weighted by Gasteiger charge is -2.40. The number of ether oxygens (including phenoxy) is 1. The Labute approximate surface area is 192 Å². The highest BCUT2D eigenvalue weighted by Crippen LogP contribution is 2.41. The molecule has 2 aromatic carbocycles. The molecule has 1 aliphatic rings. The van der Waals surface area contributed by atoms with Crippen molar-refractivity contribution in [2.24, 2.45) is 0 Å². The van der Waals surface area contributed by atoms with Gasteiger partial charge < -0.3 is 34.8 Å². The van der Waals surface area contributed by atoms with Crippen LogP contribution in [0.3, 0.4) is 0 Å². The number of hydrogen-bond donors (Lipinski definition) is 5. The predicted molar refractivity (Wildman–Crippen MR) is 117 cm³/mol. The average Bonchev–Trinajstić information content (AvgIpc) is 3.12. The Kier molecular flexibility index (Phi) is 7.09. The highest BCUT2D eigenvalue weighted by atomic mass is 35.5. The van der Waals surface area contributed by atoms with Crippen molar-refractivity contribution in [1.82, 2.24) is 4.57 Å². The van der Waals surface area contributed by atoms with Gasteiger partial charge in [-0.2, -0.15) is 0 Å². The molecular formula is C22H23ClFNO6S. The molecule has 7 nitrogen and oxygen atoms in total. The van der Waals surface area contributed by atoms with Gasteiger partial charge in [0.1, 0.15) is 30.2 Å². The van der Waals surface area contributed by atoms with Crippen LogP contribution in [0.1, 0.15) is 11.8 Å². The minimum Gasteiger partial charge on any atom is -0.396 e. The first-order valence-electron chi connectivity index (χ1n) is 10.0. The van der Waals surface area contributed by atoms with Crippen molar-refractivity contribution in [3.05, 3.63) is 59.0 Å². The molecule has 0 amide bonds. The van der Waals surface area contributed by atoms with Crippen molar-refractivity contribution in [1.29, 1.82) is 0 Å². The second-order valence-electron chi connectivity index (χ2n) is 7.62. The zero-order valence-corrected chi connectivity index (χ0v) is 18.4. The summed E-state index contributed by atoms with van der Waals surface area (Å²) in [7, 11) is 0. The van der Waals surface area contributed by atoms with E-state index < -0.39 is 43.1 Å². The third kappa shape index (κ3) is 4.40. The second-order valence-corrected chi connectivity index (χ2v) is 9.17. The maximum absolute atomic E-state index is 15.0. The minimum atomic E-state index is -1.57. The van der Waals surface area contributed by atoms with E-state index in [1.54, 1.807) is 6.20 Å². The summed E-state index contributed by atoms with van der Waals surface area (Å²) >= 11 is 7.38. The molecule has 1 saturated heterocycles. The lowest BCUT2D eigenvalue weighted by molar-refractivity contribution is -0.250. The fraction of sp³-hybridized carbons (Fsp3) is 0.364. The fourth-order valence-corrected chi connectivity index (χ4v) is 5.04. The van der Waals surface area contributed by atoms with Gasteiger partial charge in [0, 0.05) is 33.0 Å². The molecule has 0 aliphatic carbocycles. The van der Waals surface area contributed by atoms with Gasteiger partial charge in [0.05, 0.1) is 12.1 Å². The molecule has 5 atom stereocenters. The molecule has 32 heavy (non-hydrogen) atoms. The van der Waals surface area contributed by atoms with E-state index in [0.29, 0.717) is 16.8 Å². The van der Waals surface area contributed by atoms with Crippen LogP contribution >= 0.6 is 23.4 Å². The SMILES string of the molecule is OCCc1ccc(Sc2cn([C@@H]3O[C@H](CO)[C@@H](O)[C@H](O)[C@H]3O)c3cc(Cl)cc(F)c23)cc1. The lowest BCUT2D eigenvalue weighted by Crippen LogP contribution is -2.56. The van der Waals surface area contributed by atoms with Crippen molar-refractivity contribution in [3.8, 4) is 0 Å². The van der Waals surface area contributed by atoms with Crippen LogP contribution in [0.4, 0.5) is 4.39 Å².